The fraction of sp³-hybridized carbons (Fsp3) is 0.455. The Morgan fingerprint density at radius 3 is 2.50 bits per heavy atom. The van der Waals surface area contributed by atoms with E-state index in [9.17, 15) is 9.50 Å². The highest BCUT2D eigenvalue weighted by Crippen LogP contribution is 2.38. The molecule has 1 aromatic rings. The molecule has 0 radical (unpaired) electrons. The third kappa shape index (κ3) is 2.25. The Balaban J connectivity index is 3.23. The zero-order valence-corrected chi connectivity index (χ0v) is 9.37. The molecule has 16 heavy (non-hydrogen) atoms. The van der Waals surface area contributed by atoms with Crippen molar-refractivity contribution >= 4 is 5.69 Å². The van der Waals surface area contributed by atoms with Gasteiger partial charge in [0.25, 0.3) is 0 Å². The number of hydrogen-bond donors (Lipinski definition) is 4. The average Bonchev–Trinajstić information content (AvgIpc) is 2.22. The summed E-state index contributed by atoms with van der Waals surface area (Å²) in [5.74, 6) is -0.787. The standard InChI is InChI=1S/C11H17FN2O2/c1-11(2,5-15)10(14)7-3-6(12)4-8(13)9(7)16/h3-4,10,15-16H,5,13-14H2,1-2H3/t10-/m0/s1. The fourth-order valence-electron chi connectivity index (χ4n) is 1.40. The summed E-state index contributed by atoms with van der Waals surface area (Å²) < 4.78 is 13.2. The molecule has 0 saturated carbocycles. The second-order valence-corrected chi connectivity index (χ2v) is 4.56. The number of aliphatic hydroxyl groups excluding tert-OH is 1. The van der Waals surface area contributed by atoms with Gasteiger partial charge in [-0.05, 0) is 6.07 Å². The summed E-state index contributed by atoms with van der Waals surface area (Å²) in [6.45, 7) is 3.26. The first kappa shape index (κ1) is 12.7. The number of benzene rings is 1. The minimum Gasteiger partial charge on any atom is -0.505 e. The molecule has 4 nitrogen and oxygen atoms in total. The molecule has 0 unspecified atom stereocenters. The van der Waals surface area contributed by atoms with E-state index < -0.39 is 17.3 Å². The number of rotatable bonds is 3. The van der Waals surface area contributed by atoms with E-state index in [-0.39, 0.29) is 23.6 Å². The summed E-state index contributed by atoms with van der Waals surface area (Å²) in [4.78, 5) is 0. The van der Waals surface area contributed by atoms with Gasteiger partial charge in [0.2, 0.25) is 0 Å². The van der Waals surface area contributed by atoms with Gasteiger partial charge in [-0.15, -0.1) is 0 Å². The SMILES string of the molecule is CC(C)(CO)[C@@H](N)c1cc(F)cc(N)c1O. The molecule has 0 fully saturated rings. The largest absolute Gasteiger partial charge is 0.505 e. The van der Waals surface area contributed by atoms with E-state index in [1.165, 1.54) is 0 Å². The summed E-state index contributed by atoms with van der Waals surface area (Å²) in [5.41, 5.74) is 10.8. The first-order valence-corrected chi connectivity index (χ1v) is 4.94. The molecular formula is C11H17FN2O2. The van der Waals surface area contributed by atoms with Gasteiger partial charge in [-0.3, -0.25) is 0 Å². The Bertz CT molecular complexity index is 394. The number of anilines is 1. The van der Waals surface area contributed by atoms with Gasteiger partial charge in [-0.2, -0.15) is 0 Å². The monoisotopic (exact) mass is 228 g/mol. The lowest BCUT2D eigenvalue weighted by atomic mass is 9.81. The lowest BCUT2D eigenvalue weighted by Crippen LogP contribution is -2.32. The maximum atomic E-state index is 13.2. The van der Waals surface area contributed by atoms with E-state index in [2.05, 4.69) is 0 Å². The molecule has 0 bridgehead atoms. The predicted octanol–water partition coefficient (Wildman–Crippen LogP) is 1.13. The van der Waals surface area contributed by atoms with Gasteiger partial charge in [-0.1, -0.05) is 13.8 Å². The quantitative estimate of drug-likeness (QED) is 0.461. The molecule has 90 valence electrons. The molecule has 0 heterocycles. The molecule has 0 amide bonds. The summed E-state index contributed by atoms with van der Waals surface area (Å²) >= 11 is 0. The van der Waals surface area contributed by atoms with E-state index in [1.54, 1.807) is 13.8 Å². The molecule has 5 heteroatoms. The zero-order valence-electron chi connectivity index (χ0n) is 9.37. The Morgan fingerprint density at radius 1 is 1.44 bits per heavy atom. The zero-order chi connectivity index (χ0) is 12.5. The number of phenols is 1. The molecule has 1 rings (SSSR count). The van der Waals surface area contributed by atoms with Crippen LogP contribution in [0.15, 0.2) is 12.1 Å². The first-order chi connectivity index (χ1) is 7.29. The van der Waals surface area contributed by atoms with Crippen LogP contribution in [-0.4, -0.2) is 16.8 Å². The van der Waals surface area contributed by atoms with Crippen LogP contribution in [0.2, 0.25) is 0 Å². The van der Waals surface area contributed by atoms with Crippen molar-refractivity contribution in [1.82, 2.24) is 0 Å². The van der Waals surface area contributed by atoms with E-state index in [4.69, 9.17) is 16.6 Å². The second kappa shape index (κ2) is 4.27. The Labute approximate surface area is 93.7 Å². The normalized spacial score (nSPS) is 13.8. The van der Waals surface area contributed by atoms with Crippen LogP contribution in [-0.2, 0) is 0 Å². The van der Waals surface area contributed by atoms with Crippen LogP contribution in [0.4, 0.5) is 10.1 Å². The van der Waals surface area contributed by atoms with Crippen molar-refractivity contribution in [3.05, 3.63) is 23.5 Å². The first-order valence-electron chi connectivity index (χ1n) is 4.94. The van der Waals surface area contributed by atoms with E-state index >= 15 is 0 Å². The summed E-state index contributed by atoms with van der Waals surface area (Å²) in [6, 6.07) is 1.46. The highest BCUT2D eigenvalue weighted by atomic mass is 19.1. The molecule has 6 N–H and O–H groups in total. The van der Waals surface area contributed by atoms with E-state index in [0.717, 1.165) is 12.1 Å². The maximum absolute atomic E-state index is 13.2. The number of phenolic OH excluding ortho intramolecular Hbond substituents is 1. The number of hydrogen-bond acceptors (Lipinski definition) is 4. The summed E-state index contributed by atoms with van der Waals surface area (Å²) in [6.07, 6.45) is 0. The van der Waals surface area contributed by atoms with Gasteiger partial charge in [-0.25, -0.2) is 4.39 Å². The second-order valence-electron chi connectivity index (χ2n) is 4.56. The lowest BCUT2D eigenvalue weighted by Gasteiger charge is -2.30. The minimum atomic E-state index is -0.699. The lowest BCUT2D eigenvalue weighted by molar-refractivity contribution is 0.131. The van der Waals surface area contributed by atoms with Crippen molar-refractivity contribution in [2.45, 2.75) is 19.9 Å². The highest BCUT2D eigenvalue weighted by Gasteiger charge is 2.29. The Kier molecular flexibility index (Phi) is 3.40. The molecule has 1 aromatic carbocycles. The minimum absolute atomic E-state index is 0.0563. The van der Waals surface area contributed by atoms with Crippen LogP contribution in [0.5, 0.6) is 5.75 Å². The molecule has 0 saturated heterocycles. The van der Waals surface area contributed by atoms with Crippen LogP contribution in [0.3, 0.4) is 0 Å². The van der Waals surface area contributed by atoms with E-state index in [1.807, 2.05) is 0 Å². The smallest absolute Gasteiger partial charge is 0.143 e. The number of halogens is 1. The van der Waals surface area contributed by atoms with E-state index in [0.29, 0.717) is 0 Å². The molecule has 1 atom stereocenters. The van der Waals surface area contributed by atoms with Crippen LogP contribution < -0.4 is 11.5 Å². The van der Waals surface area contributed by atoms with Crippen molar-refractivity contribution in [2.24, 2.45) is 11.1 Å². The van der Waals surface area contributed by atoms with Crippen molar-refractivity contribution in [2.75, 3.05) is 12.3 Å². The summed E-state index contributed by atoms with van der Waals surface area (Å²) in [7, 11) is 0. The van der Waals surface area contributed by atoms with Crippen LogP contribution in [0, 0.1) is 11.2 Å². The molecular weight excluding hydrogens is 211 g/mol. The number of nitrogen functional groups attached to an aromatic ring is 1. The Morgan fingerprint density at radius 2 is 2.00 bits per heavy atom. The topological polar surface area (TPSA) is 92.5 Å². The molecule has 0 aromatic heterocycles. The number of nitrogens with two attached hydrogens (primary N) is 2. The van der Waals surface area contributed by atoms with Crippen molar-refractivity contribution in [1.29, 1.82) is 0 Å². The fourth-order valence-corrected chi connectivity index (χ4v) is 1.40. The van der Waals surface area contributed by atoms with Gasteiger partial charge in [0.15, 0.2) is 0 Å². The van der Waals surface area contributed by atoms with Gasteiger partial charge in [0.05, 0.1) is 5.69 Å². The molecule has 0 spiro atoms. The van der Waals surface area contributed by atoms with Crippen LogP contribution in [0.1, 0.15) is 25.5 Å². The third-order valence-electron chi connectivity index (χ3n) is 2.72. The number of aromatic hydroxyl groups is 1. The van der Waals surface area contributed by atoms with Crippen molar-refractivity contribution in [3.63, 3.8) is 0 Å². The van der Waals surface area contributed by atoms with Gasteiger partial charge in [0.1, 0.15) is 11.6 Å². The number of aliphatic hydroxyl groups is 1. The molecule has 0 aliphatic heterocycles. The highest BCUT2D eigenvalue weighted by molar-refractivity contribution is 5.57. The van der Waals surface area contributed by atoms with Crippen molar-refractivity contribution in [3.8, 4) is 5.75 Å². The van der Waals surface area contributed by atoms with Gasteiger partial charge >= 0.3 is 0 Å². The predicted molar refractivity (Wildman–Crippen MR) is 60.3 cm³/mol. The van der Waals surface area contributed by atoms with Crippen molar-refractivity contribution < 1.29 is 14.6 Å². The van der Waals surface area contributed by atoms with Crippen LogP contribution >= 0.6 is 0 Å². The maximum Gasteiger partial charge on any atom is 0.143 e. The van der Waals surface area contributed by atoms with Crippen LogP contribution in [0.25, 0.3) is 0 Å². The summed E-state index contributed by atoms with van der Waals surface area (Å²) in [5, 5.41) is 18.9. The van der Waals surface area contributed by atoms with Gasteiger partial charge < -0.3 is 21.7 Å². The molecule has 0 aliphatic carbocycles. The molecule has 0 aliphatic rings. The third-order valence-corrected chi connectivity index (χ3v) is 2.72. The average molecular weight is 228 g/mol. The Hall–Kier alpha value is -1.33. The van der Waals surface area contributed by atoms with Gasteiger partial charge in [0, 0.05) is 29.7 Å².